The van der Waals surface area contributed by atoms with Gasteiger partial charge in [-0.2, -0.15) is 17.0 Å². The van der Waals surface area contributed by atoms with Crippen molar-refractivity contribution >= 4 is 33.4 Å². The van der Waals surface area contributed by atoms with Gasteiger partial charge in [0.15, 0.2) is 0 Å². The summed E-state index contributed by atoms with van der Waals surface area (Å²) in [6, 6.07) is 4.92. The third-order valence-electron chi connectivity index (χ3n) is 2.81. The lowest BCUT2D eigenvalue weighted by atomic mass is 10.2. The smallest absolute Gasteiger partial charge is 0.195 e. The van der Waals surface area contributed by atoms with E-state index >= 15 is 0 Å². The normalized spacial score (nSPS) is 12.7. The zero-order valence-electron chi connectivity index (χ0n) is 11.4. The summed E-state index contributed by atoms with van der Waals surface area (Å²) in [6.45, 7) is 3.86. The number of halogens is 2. The van der Waals surface area contributed by atoms with Gasteiger partial charge < -0.3 is 0 Å². The van der Waals surface area contributed by atoms with Crippen molar-refractivity contribution in [3.05, 3.63) is 33.8 Å². The van der Waals surface area contributed by atoms with Crippen LogP contribution in [0.25, 0.3) is 0 Å². The molecule has 0 aliphatic rings. The molecule has 0 fully saturated rings. The minimum Gasteiger partial charge on any atom is -0.195 e. The van der Waals surface area contributed by atoms with Crippen LogP contribution in [0.1, 0.15) is 19.4 Å². The summed E-state index contributed by atoms with van der Waals surface area (Å²) in [6.07, 6.45) is 0. The molecule has 0 spiro atoms. The quantitative estimate of drug-likeness (QED) is 0.835. The Morgan fingerprint density at radius 3 is 2.00 bits per heavy atom. The Balaban J connectivity index is 2.93. The van der Waals surface area contributed by atoms with E-state index in [2.05, 4.69) is 0 Å². The van der Waals surface area contributed by atoms with Crippen molar-refractivity contribution in [2.24, 2.45) is 0 Å². The molecule has 19 heavy (non-hydrogen) atoms. The molecule has 0 heterocycles. The summed E-state index contributed by atoms with van der Waals surface area (Å²) in [5.74, 6) is 0. The zero-order chi connectivity index (χ0) is 14.8. The Bertz CT molecular complexity index is 526. The SMILES string of the molecule is CC(C)N(C)S(=O)(=O)N(C)Cc1cc(Cl)cc(Cl)c1. The summed E-state index contributed by atoms with van der Waals surface area (Å²) in [5, 5.41) is 0.982. The summed E-state index contributed by atoms with van der Waals surface area (Å²) >= 11 is 11.8. The van der Waals surface area contributed by atoms with Crippen LogP contribution in [0.3, 0.4) is 0 Å². The second-order valence-electron chi connectivity index (χ2n) is 4.65. The molecule has 7 heteroatoms. The fourth-order valence-electron chi connectivity index (χ4n) is 1.53. The van der Waals surface area contributed by atoms with Gasteiger partial charge in [0.1, 0.15) is 0 Å². The molecule has 4 nitrogen and oxygen atoms in total. The topological polar surface area (TPSA) is 40.6 Å². The average molecular weight is 325 g/mol. The molecule has 0 aromatic heterocycles. The van der Waals surface area contributed by atoms with Gasteiger partial charge in [0, 0.05) is 36.7 Å². The lowest BCUT2D eigenvalue weighted by molar-refractivity contribution is 0.355. The Morgan fingerprint density at radius 1 is 1.11 bits per heavy atom. The van der Waals surface area contributed by atoms with Crippen LogP contribution in [0.4, 0.5) is 0 Å². The lowest BCUT2D eigenvalue weighted by Crippen LogP contribution is -2.42. The monoisotopic (exact) mass is 324 g/mol. The second-order valence-corrected chi connectivity index (χ2v) is 7.62. The standard InChI is InChI=1S/C12H18Cl2N2O2S/c1-9(2)16(4)19(17,18)15(3)8-10-5-11(13)7-12(14)6-10/h5-7,9H,8H2,1-4H3. The van der Waals surface area contributed by atoms with Crippen molar-refractivity contribution in [1.29, 1.82) is 0 Å². The van der Waals surface area contributed by atoms with E-state index in [1.54, 1.807) is 25.2 Å². The van der Waals surface area contributed by atoms with Gasteiger partial charge in [-0.05, 0) is 37.6 Å². The number of rotatable bonds is 5. The summed E-state index contributed by atoms with van der Waals surface area (Å²) in [7, 11) is -0.394. The zero-order valence-corrected chi connectivity index (χ0v) is 13.7. The Kier molecular flexibility index (Phi) is 5.65. The van der Waals surface area contributed by atoms with E-state index in [1.165, 1.54) is 15.7 Å². The minimum absolute atomic E-state index is 0.101. The molecule has 0 aliphatic carbocycles. The molecule has 0 unspecified atom stereocenters. The predicted molar refractivity (Wildman–Crippen MR) is 79.7 cm³/mol. The van der Waals surface area contributed by atoms with Crippen molar-refractivity contribution in [2.45, 2.75) is 26.4 Å². The third kappa shape index (κ3) is 4.33. The van der Waals surface area contributed by atoms with Crippen LogP contribution >= 0.6 is 23.2 Å². The van der Waals surface area contributed by atoms with Crippen LogP contribution in [0.15, 0.2) is 18.2 Å². The largest absolute Gasteiger partial charge is 0.282 e. The number of hydrogen-bond acceptors (Lipinski definition) is 2. The molecule has 1 rings (SSSR count). The first-order chi connectivity index (χ1) is 8.64. The van der Waals surface area contributed by atoms with Crippen LogP contribution in [0.2, 0.25) is 10.0 Å². The van der Waals surface area contributed by atoms with Gasteiger partial charge in [0.05, 0.1) is 0 Å². The van der Waals surface area contributed by atoms with Crippen molar-refractivity contribution in [2.75, 3.05) is 14.1 Å². The lowest BCUT2D eigenvalue weighted by Gasteiger charge is -2.27. The van der Waals surface area contributed by atoms with Crippen molar-refractivity contribution < 1.29 is 8.42 Å². The van der Waals surface area contributed by atoms with Gasteiger partial charge in [-0.3, -0.25) is 0 Å². The highest BCUT2D eigenvalue weighted by molar-refractivity contribution is 7.86. The first kappa shape index (κ1) is 16.7. The maximum absolute atomic E-state index is 12.2. The van der Waals surface area contributed by atoms with Gasteiger partial charge in [-0.1, -0.05) is 23.2 Å². The fourth-order valence-corrected chi connectivity index (χ4v) is 3.38. The molecule has 0 saturated heterocycles. The maximum Gasteiger partial charge on any atom is 0.282 e. The molecular formula is C12H18Cl2N2O2S. The Labute approximate surface area is 125 Å². The van der Waals surface area contributed by atoms with Gasteiger partial charge >= 0.3 is 0 Å². The molecule has 0 radical (unpaired) electrons. The first-order valence-electron chi connectivity index (χ1n) is 5.79. The molecule has 0 atom stereocenters. The van der Waals surface area contributed by atoms with E-state index in [-0.39, 0.29) is 12.6 Å². The highest BCUT2D eigenvalue weighted by Crippen LogP contribution is 2.21. The molecule has 108 valence electrons. The van der Waals surface area contributed by atoms with Gasteiger partial charge in [-0.25, -0.2) is 0 Å². The Morgan fingerprint density at radius 2 is 1.58 bits per heavy atom. The fraction of sp³-hybridized carbons (Fsp3) is 0.500. The van der Waals surface area contributed by atoms with Crippen LogP contribution in [0.5, 0.6) is 0 Å². The summed E-state index contributed by atoms with van der Waals surface area (Å²) in [5.41, 5.74) is 0.751. The van der Waals surface area contributed by atoms with Crippen LogP contribution < -0.4 is 0 Å². The highest BCUT2D eigenvalue weighted by atomic mass is 35.5. The van der Waals surface area contributed by atoms with E-state index in [4.69, 9.17) is 23.2 Å². The van der Waals surface area contributed by atoms with E-state index in [9.17, 15) is 8.42 Å². The van der Waals surface area contributed by atoms with Gasteiger partial charge in [0.25, 0.3) is 10.2 Å². The number of benzene rings is 1. The van der Waals surface area contributed by atoms with Crippen molar-refractivity contribution in [1.82, 2.24) is 8.61 Å². The second kappa shape index (κ2) is 6.41. The van der Waals surface area contributed by atoms with E-state index in [0.717, 1.165) is 5.56 Å². The molecule has 0 aliphatic heterocycles. The molecule has 0 amide bonds. The maximum atomic E-state index is 12.2. The van der Waals surface area contributed by atoms with Crippen LogP contribution in [0, 0.1) is 0 Å². The van der Waals surface area contributed by atoms with E-state index in [1.807, 2.05) is 13.8 Å². The third-order valence-corrected chi connectivity index (χ3v) is 5.32. The average Bonchev–Trinajstić information content (AvgIpc) is 2.26. The first-order valence-corrected chi connectivity index (χ1v) is 7.94. The Hall–Kier alpha value is -0.330. The van der Waals surface area contributed by atoms with Crippen molar-refractivity contribution in [3.63, 3.8) is 0 Å². The van der Waals surface area contributed by atoms with E-state index < -0.39 is 10.2 Å². The van der Waals surface area contributed by atoms with E-state index in [0.29, 0.717) is 10.0 Å². The predicted octanol–water partition coefficient (Wildman–Crippen LogP) is 3.01. The van der Waals surface area contributed by atoms with Gasteiger partial charge in [0.2, 0.25) is 0 Å². The highest BCUT2D eigenvalue weighted by Gasteiger charge is 2.25. The molecule has 1 aromatic carbocycles. The molecule has 0 saturated carbocycles. The number of nitrogens with zero attached hydrogens (tertiary/aromatic N) is 2. The van der Waals surface area contributed by atoms with Crippen molar-refractivity contribution in [3.8, 4) is 0 Å². The summed E-state index contributed by atoms with van der Waals surface area (Å²) in [4.78, 5) is 0. The molecule has 0 bridgehead atoms. The molecule has 1 aromatic rings. The number of hydrogen-bond donors (Lipinski definition) is 0. The molecule has 0 N–H and O–H groups in total. The van der Waals surface area contributed by atoms with Crippen LogP contribution in [-0.4, -0.2) is 37.2 Å². The minimum atomic E-state index is -3.48. The molecular weight excluding hydrogens is 307 g/mol. The summed E-state index contributed by atoms with van der Waals surface area (Å²) < 4.78 is 27.1. The van der Waals surface area contributed by atoms with Crippen LogP contribution in [-0.2, 0) is 16.8 Å². The van der Waals surface area contributed by atoms with Gasteiger partial charge in [-0.15, -0.1) is 0 Å².